The van der Waals surface area contributed by atoms with Crippen LogP contribution < -0.4 is 15.5 Å². The molecule has 109 valence electrons. The van der Waals surface area contributed by atoms with Gasteiger partial charge in [0, 0.05) is 6.54 Å². The fourth-order valence-corrected chi connectivity index (χ4v) is 2.07. The smallest absolute Gasteiger partial charge is 0.329 e. The molecule has 1 aromatic carbocycles. The summed E-state index contributed by atoms with van der Waals surface area (Å²) in [5.41, 5.74) is 0.460. The molecule has 1 heterocycles. The number of anilines is 1. The van der Waals surface area contributed by atoms with Crippen LogP contribution in [0.3, 0.4) is 0 Å². The van der Waals surface area contributed by atoms with Crippen molar-refractivity contribution in [3.05, 3.63) is 42.5 Å². The summed E-state index contributed by atoms with van der Waals surface area (Å²) >= 11 is 0. The van der Waals surface area contributed by atoms with Crippen LogP contribution >= 0.6 is 0 Å². The molecule has 6 heteroatoms. The van der Waals surface area contributed by atoms with Crippen LogP contribution in [0.5, 0.6) is 0 Å². The Balaban J connectivity index is 2.22. The molecule has 1 atom stereocenters. The van der Waals surface area contributed by atoms with E-state index in [1.807, 2.05) is 12.2 Å². The van der Waals surface area contributed by atoms with Crippen LogP contribution in [0.15, 0.2) is 42.5 Å². The number of hydrogen-bond donors (Lipinski definition) is 2. The minimum atomic E-state index is -0.633. The normalized spacial score (nSPS) is 17.0. The van der Waals surface area contributed by atoms with E-state index in [9.17, 15) is 14.4 Å². The number of nitrogens with one attached hydrogen (secondary N) is 2. The van der Waals surface area contributed by atoms with Crippen LogP contribution in [-0.4, -0.2) is 37.4 Å². The summed E-state index contributed by atoms with van der Waals surface area (Å²) < 4.78 is 0. The number of carbonyl (C=O) groups is 2. The molecule has 0 saturated carbocycles. The summed E-state index contributed by atoms with van der Waals surface area (Å²) in [6.45, 7) is 0.330. The summed E-state index contributed by atoms with van der Waals surface area (Å²) in [5, 5.41) is 5.39. The van der Waals surface area contributed by atoms with Crippen molar-refractivity contribution in [3.8, 4) is 0 Å². The second kappa shape index (κ2) is 7.35. The SMILES string of the molecule is O=[C]CNC(=O)N(C(=O)C1CC=CCN1)c1ccccc1. The molecule has 0 aromatic heterocycles. The van der Waals surface area contributed by atoms with Crippen molar-refractivity contribution < 1.29 is 14.4 Å². The molecule has 2 rings (SSSR count). The lowest BCUT2D eigenvalue weighted by Gasteiger charge is -2.27. The van der Waals surface area contributed by atoms with Gasteiger partial charge in [0.25, 0.3) is 5.91 Å². The van der Waals surface area contributed by atoms with Crippen LogP contribution in [0.1, 0.15) is 6.42 Å². The Labute approximate surface area is 122 Å². The first-order valence-electron chi connectivity index (χ1n) is 6.64. The summed E-state index contributed by atoms with van der Waals surface area (Å²) in [5.74, 6) is -0.353. The van der Waals surface area contributed by atoms with Crippen molar-refractivity contribution in [2.45, 2.75) is 12.5 Å². The molecule has 0 aliphatic carbocycles. The maximum absolute atomic E-state index is 12.6. The average molecular weight is 286 g/mol. The van der Waals surface area contributed by atoms with Gasteiger partial charge in [-0.1, -0.05) is 30.4 Å². The lowest BCUT2D eigenvalue weighted by atomic mass is 10.1. The van der Waals surface area contributed by atoms with E-state index in [1.54, 1.807) is 36.6 Å². The third-order valence-corrected chi connectivity index (χ3v) is 3.07. The fraction of sp³-hybridized carbons (Fsp3) is 0.267. The first-order chi connectivity index (χ1) is 10.2. The first-order valence-corrected chi connectivity index (χ1v) is 6.64. The van der Waals surface area contributed by atoms with Crippen LogP contribution in [0.4, 0.5) is 10.5 Å². The minimum Gasteiger partial charge on any atom is -0.330 e. The largest absolute Gasteiger partial charge is 0.330 e. The van der Waals surface area contributed by atoms with Gasteiger partial charge in [-0.15, -0.1) is 0 Å². The molecule has 0 bridgehead atoms. The van der Waals surface area contributed by atoms with Crippen LogP contribution in [0, 0.1) is 0 Å². The molecule has 1 unspecified atom stereocenters. The zero-order valence-corrected chi connectivity index (χ0v) is 11.4. The van der Waals surface area contributed by atoms with Crippen molar-refractivity contribution in [2.75, 3.05) is 18.0 Å². The van der Waals surface area contributed by atoms with E-state index in [1.165, 1.54) is 0 Å². The number of carbonyl (C=O) groups excluding carboxylic acids is 3. The topological polar surface area (TPSA) is 78.5 Å². The van der Waals surface area contributed by atoms with Gasteiger partial charge in [-0.05, 0) is 18.6 Å². The van der Waals surface area contributed by atoms with Gasteiger partial charge in [-0.25, -0.2) is 9.69 Å². The Morgan fingerprint density at radius 1 is 1.29 bits per heavy atom. The highest BCUT2D eigenvalue weighted by Crippen LogP contribution is 2.16. The molecule has 1 aliphatic heterocycles. The number of hydrogen-bond acceptors (Lipinski definition) is 4. The Hall–Kier alpha value is -2.47. The summed E-state index contributed by atoms with van der Waals surface area (Å²) in [4.78, 5) is 36.1. The summed E-state index contributed by atoms with van der Waals surface area (Å²) in [7, 11) is 0. The third-order valence-electron chi connectivity index (χ3n) is 3.07. The van der Waals surface area contributed by atoms with Gasteiger partial charge in [-0.2, -0.15) is 0 Å². The highest BCUT2D eigenvalue weighted by molar-refractivity contribution is 6.16. The monoisotopic (exact) mass is 286 g/mol. The summed E-state index contributed by atoms with van der Waals surface area (Å²) in [6.07, 6.45) is 5.93. The summed E-state index contributed by atoms with van der Waals surface area (Å²) in [6, 6.07) is 7.52. The van der Waals surface area contributed by atoms with Gasteiger partial charge >= 0.3 is 6.03 Å². The van der Waals surface area contributed by atoms with E-state index in [0.717, 1.165) is 4.90 Å². The second-order valence-corrected chi connectivity index (χ2v) is 4.48. The number of para-hydroxylation sites is 1. The van der Waals surface area contributed by atoms with Gasteiger partial charge in [-0.3, -0.25) is 9.59 Å². The minimum absolute atomic E-state index is 0.257. The van der Waals surface area contributed by atoms with Gasteiger partial charge in [0.15, 0.2) is 0 Å². The molecule has 6 nitrogen and oxygen atoms in total. The van der Waals surface area contributed by atoms with Gasteiger partial charge < -0.3 is 10.6 Å². The van der Waals surface area contributed by atoms with E-state index >= 15 is 0 Å². The van der Waals surface area contributed by atoms with Crippen LogP contribution in [0.2, 0.25) is 0 Å². The van der Waals surface area contributed by atoms with E-state index < -0.39 is 12.1 Å². The quantitative estimate of drug-likeness (QED) is 0.801. The molecule has 1 radical (unpaired) electrons. The Morgan fingerprint density at radius 2 is 2.05 bits per heavy atom. The van der Waals surface area contributed by atoms with Gasteiger partial charge in [0.05, 0.1) is 18.3 Å². The molecule has 0 fully saturated rings. The predicted octanol–water partition coefficient (Wildman–Crippen LogP) is 0.757. The third kappa shape index (κ3) is 3.76. The lowest BCUT2D eigenvalue weighted by molar-refractivity contribution is -0.119. The average Bonchev–Trinajstić information content (AvgIpc) is 2.55. The van der Waals surface area contributed by atoms with E-state index in [2.05, 4.69) is 10.6 Å². The van der Waals surface area contributed by atoms with E-state index in [-0.39, 0.29) is 12.5 Å². The standard InChI is InChI=1S/C15H16N3O3/c19-11-10-17-15(21)18(12-6-2-1-3-7-12)14(20)13-8-4-5-9-16-13/h1-7,13,16H,8-10H2,(H,17,21). The van der Waals surface area contributed by atoms with Gasteiger partial charge in [0.1, 0.15) is 0 Å². The molecular formula is C15H16N3O3. The Bertz CT molecular complexity index is 542. The Kier molecular flexibility index (Phi) is 5.22. The molecule has 1 aliphatic rings. The number of rotatable bonds is 4. The number of nitrogens with zero attached hydrogens (tertiary/aromatic N) is 1. The zero-order valence-electron chi connectivity index (χ0n) is 11.4. The maximum atomic E-state index is 12.6. The highest BCUT2D eigenvalue weighted by atomic mass is 16.2. The molecule has 0 saturated heterocycles. The second-order valence-electron chi connectivity index (χ2n) is 4.48. The molecule has 21 heavy (non-hydrogen) atoms. The van der Waals surface area contributed by atoms with E-state index in [0.29, 0.717) is 18.7 Å². The molecule has 3 amide bonds. The number of imide groups is 1. The maximum Gasteiger partial charge on any atom is 0.329 e. The molecule has 0 spiro atoms. The Morgan fingerprint density at radius 3 is 2.67 bits per heavy atom. The number of amides is 3. The van der Waals surface area contributed by atoms with E-state index in [4.69, 9.17) is 0 Å². The van der Waals surface area contributed by atoms with Crippen molar-refractivity contribution in [1.29, 1.82) is 0 Å². The predicted molar refractivity (Wildman–Crippen MR) is 78.6 cm³/mol. The molecule has 1 aromatic rings. The number of urea groups is 1. The highest BCUT2D eigenvalue weighted by Gasteiger charge is 2.29. The van der Waals surface area contributed by atoms with Crippen LogP contribution in [-0.2, 0) is 9.59 Å². The lowest BCUT2D eigenvalue weighted by Crippen LogP contribution is -2.53. The van der Waals surface area contributed by atoms with Gasteiger partial charge in [0.2, 0.25) is 6.29 Å². The van der Waals surface area contributed by atoms with Crippen molar-refractivity contribution in [1.82, 2.24) is 10.6 Å². The van der Waals surface area contributed by atoms with Crippen molar-refractivity contribution in [3.63, 3.8) is 0 Å². The molecular weight excluding hydrogens is 270 g/mol. The zero-order chi connectivity index (χ0) is 15.1. The first kappa shape index (κ1) is 14.9. The van der Waals surface area contributed by atoms with Crippen molar-refractivity contribution in [2.24, 2.45) is 0 Å². The molecule has 2 N–H and O–H groups in total. The van der Waals surface area contributed by atoms with Crippen LogP contribution in [0.25, 0.3) is 0 Å². The fourth-order valence-electron chi connectivity index (χ4n) is 2.07. The number of benzene rings is 1. The van der Waals surface area contributed by atoms with Crippen molar-refractivity contribution >= 4 is 23.9 Å².